The van der Waals surface area contributed by atoms with Gasteiger partial charge in [-0.2, -0.15) is 5.10 Å². The van der Waals surface area contributed by atoms with E-state index >= 15 is 0 Å². The number of nitrogens with zero attached hydrogens (tertiary/aromatic N) is 1. The Hall–Kier alpha value is -3.66. The smallest absolute Gasteiger partial charge is 0.180 e. The molecule has 0 bridgehead atoms. The minimum absolute atomic E-state index is 0.0725. The largest absolute Gasteiger partial charge is 0.506 e. The second-order valence-electron chi connectivity index (χ2n) is 6.37. The molecule has 0 heterocycles. The van der Waals surface area contributed by atoms with Gasteiger partial charge in [0, 0.05) is 11.1 Å². The molecule has 0 amide bonds. The molecule has 0 aromatic heterocycles. The Morgan fingerprint density at radius 1 is 0.778 bits per heavy atom. The highest BCUT2D eigenvalue weighted by molar-refractivity contribution is 6.37. The second kappa shape index (κ2) is 6.92. The van der Waals surface area contributed by atoms with E-state index in [-0.39, 0.29) is 17.1 Å². The van der Waals surface area contributed by atoms with Crippen LogP contribution in [-0.2, 0) is 4.79 Å². The first-order valence-electron chi connectivity index (χ1n) is 8.67. The number of hydrazone groups is 1. The van der Waals surface area contributed by atoms with Gasteiger partial charge in [-0.1, -0.05) is 84.9 Å². The lowest BCUT2D eigenvalue weighted by atomic mass is 9.83. The van der Waals surface area contributed by atoms with Crippen molar-refractivity contribution in [2.75, 3.05) is 0 Å². The Balaban J connectivity index is 1.87. The zero-order valence-electron chi connectivity index (χ0n) is 14.5. The van der Waals surface area contributed by atoms with Crippen LogP contribution in [0.1, 0.15) is 28.2 Å². The molecule has 4 rings (SSSR count). The van der Waals surface area contributed by atoms with Gasteiger partial charge in [-0.25, -0.2) is 0 Å². The van der Waals surface area contributed by atoms with Crippen molar-refractivity contribution in [1.29, 1.82) is 0 Å². The molecule has 0 fully saturated rings. The van der Waals surface area contributed by atoms with E-state index in [9.17, 15) is 9.90 Å². The Morgan fingerprint density at radius 2 is 1.26 bits per heavy atom. The number of hydrogen-bond acceptors (Lipinski definition) is 4. The Labute approximate surface area is 157 Å². The lowest BCUT2D eigenvalue weighted by Crippen LogP contribution is -2.21. The van der Waals surface area contributed by atoms with Crippen molar-refractivity contribution in [2.24, 2.45) is 10.9 Å². The average molecular weight is 354 g/mol. The number of allylic oxidation sites excluding steroid dienone is 1. The van der Waals surface area contributed by atoms with Gasteiger partial charge in [0.25, 0.3) is 0 Å². The number of ketones is 1. The molecule has 4 nitrogen and oxygen atoms in total. The number of hydrogen-bond donors (Lipinski definition) is 2. The summed E-state index contributed by atoms with van der Waals surface area (Å²) in [7, 11) is 0. The van der Waals surface area contributed by atoms with E-state index < -0.39 is 5.92 Å². The lowest BCUT2D eigenvalue weighted by Gasteiger charge is -2.18. The first-order valence-corrected chi connectivity index (χ1v) is 8.67. The number of carbonyl (C=O) groups excluding carboxylic acids is 1. The fraction of sp³-hybridized carbons (Fsp3) is 0.0435. The highest BCUT2D eigenvalue weighted by Gasteiger charge is 2.36. The minimum Gasteiger partial charge on any atom is -0.506 e. The molecule has 0 spiro atoms. The van der Waals surface area contributed by atoms with E-state index in [4.69, 9.17) is 5.84 Å². The number of Topliss-reactive ketones (excluding diaryl/α,β-unsaturated/α-hetero) is 1. The van der Waals surface area contributed by atoms with E-state index in [1.54, 1.807) is 12.1 Å². The van der Waals surface area contributed by atoms with E-state index in [1.807, 2.05) is 72.8 Å². The predicted molar refractivity (Wildman–Crippen MR) is 106 cm³/mol. The molecule has 0 unspecified atom stereocenters. The van der Waals surface area contributed by atoms with E-state index in [0.717, 1.165) is 11.1 Å². The number of fused-ring (bicyclic) bond motifs is 1. The topological polar surface area (TPSA) is 75.7 Å². The summed E-state index contributed by atoms with van der Waals surface area (Å²) in [5.74, 6) is 4.74. The third kappa shape index (κ3) is 2.81. The molecule has 3 aromatic carbocycles. The maximum atomic E-state index is 13.6. The van der Waals surface area contributed by atoms with Crippen LogP contribution in [0.25, 0.3) is 5.76 Å². The van der Waals surface area contributed by atoms with E-state index in [0.29, 0.717) is 16.8 Å². The number of aliphatic hydroxyl groups is 1. The normalized spacial score (nSPS) is 14.6. The molecule has 0 saturated heterocycles. The lowest BCUT2D eigenvalue weighted by molar-refractivity contribution is -0.115. The Kier molecular flexibility index (Phi) is 4.30. The van der Waals surface area contributed by atoms with Crippen LogP contribution in [0.3, 0.4) is 0 Å². The highest BCUT2D eigenvalue weighted by atomic mass is 16.3. The maximum absolute atomic E-state index is 13.6. The van der Waals surface area contributed by atoms with Crippen molar-refractivity contribution in [2.45, 2.75) is 5.92 Å². The second-order valence-corrected chi connectivity index (χ2v) is 6.37. The molecule has 27 heavy (non-hydrogen) atoms. The van der Waals surface area contributed by atoms with Gasteiger partial charge in [-0.05, 0) is 11.1 Å². The molecule has 0 atom stereocenters. The van der Waals surface area contributed by atoms with Crippen LogP contribution in [0.2, 0.25) is 0 Å². The van der Waals surface area contributed by atoms with Crippen LogP contribution in [-0.4, -0.2) is 16.6 Å². The van der Waals surface area contributed by atoms with Crippen molar-refractivity contribution in [3.05, 3.63) is 113 Å². The van der Waals surface area contributed by atoms with Gasteiger partial charge in [0.1, 0.15) is 11.5 Å². The fourth-order valence-electron chi connectivity index (χ4n) is 3.58. The third-order valence-electron chi connectivity index (χ3n) is 4.81. The molecular formula is C23H18N2O2. The van der Waals surface area contributed by atoms with Crippen LogP contribution in [0.5, 0.6) is 0 Å². The van der Waals surface area contributed by atoms with Crippen LogP contribution >= 0.6 is 0 Å². The van der Waals surface area contributed by atoms with Gasteiger partial charge in [-0.15, -0.1) is 0 Å². The molecule has 0 radical (unpaired) electrons. The van der Waals surface area contributed by atoms with Gasteiger partial charge in [0.2, 0.25) is 0 Å². The summed E-state index contributed by atoms with van der Waals surface area (Å²) in [5, 5.41) is 14.6. The molecular weight excluding hydrogens is 336 g/mol. The summed E-state index contributed by atoms with van der Waals surface area (Å²) in [5.41, 5.74) is 3.43. The molecule has 1 aliphatic carbocycles. The van der Waals surface area contributed by atoms with Gasteiger partial charge >= 0.3 is 0 Å². The summed E-state index contributed by atoms with van der Waals surface area (Å²) in [6, 6.07) is 26.2. The van der Waals surface area contributed by atoms with Crippen molar-refractivity contribution in [3.63, 3.8) is 0 Å². The summed E-state index contributed by atoms with van der Waals surface area (Å²) in [6.07, 6.45) is 0. The number of rotatable bonds is 4. The van der Waals surface area contributed by atoms with Crippen LogP contribution in [0.4, 0.5) is 0 Å². The summed E-state index contributed by atoms with van der Waals surface area (Å²) in [4.78, 5) is 13.6. The summed E-state index contributed by atoms with van der Waals surface area (Å²) < 4.78 is 0. The van der Waals surface area contributed by atoms with Crippen LogP contribution < -0.4 is 5.84 Å². The number of benzene rings is 3. The first-order chi connectivity index (χ1) is 13.2. The molecule has 132 valence electrons. The fourth-order valence-corrected chi connectivity index (χ4v) is 3.58. The molecule has 0 aliphatic heterocycles. The highest BCUT2D eigenvalue weighted by Crippen LogP contribution is 2.37. The molecule has 1 aliphatic rings. The van der Waals surface area contributed by atoms with Crippen molar-refractivity contribution >= 4 is 17.3 Å². The Bertz CT molecular complexity index is 1010. The average Bonchev–Trinajstić information content (AvgIpc) is 3.02. The zero-order chi connectivity index (χ0) is 18.8. The number of aliphatic hydroxyl groups excluding tert-OH is 1. The molecule has 4 heteroatoms. The standard InChI is InChI=1S/C23H18N2O2/c24-25-21-17-13-7-8-14-18(17)22(26)20(21)23(27)19(15-9-3-1-4-10-15)16-11-5-2-6-12-16/h1-14,19,26H,24H2/b25-21+. The third-order valence-corrected chi connectivity index (χ3v) is 4.81. The zero-order valence-corrected chi connectivity index (χ0v) is 14.5. The van der Waals surface area contributed by atoms with Crippen LogP contribution in [0, 0.1) is 0 Å². The van der Waals surface area contributed by atoms with Crippen LogP contribution in [0.15, 0.2) is 95.6 Å². The number of nitrogens with two attached hydrogens (primary N) is 1. The monoisotopic (exact) mass is 354 g/mol. The van der Waals surface area contributed by atoms with Gasteiger partial charge in [0.15, 0.2) is 5.78 Å². The first kappa shape index (κ1) is 16.8. The Morgan fingerprint density at radius 3 is 1.78 bits per heavy atom. The predicted octanol–water partition coefficient (Wildman–Crippen LogP) is 4.03. The maximum Gasteiger partial charge on any atom is 0.180 e. The van der Waals surface area contributed by atoms with E-state index in [1.165, 1.54) is 0 Å². The summed E-state index contributed by atoms with van der Waals surface area (Å²) >= 11 is 0. The quantitative estimate of drug-likeness (QED) is 0.548. The van der Waals surface area contributed by atoms with Crippen molar-refractivity contribution in [1.82, 2.24) is 0 Å². The van der Waals surface area contributed by atoms with Gasteiger partial charge < -0.3 is 10.9 Å². The summed E-state index contributed by atoms with van der Waals surface area (Å²) in [6.45, 7) is 0. The molecule has 0 saturated carbocycles. The SMILES string of the molecule is N/N=C1/C(C(=O)C(c2ccccc2)c2ccccc2)=C(O)c2ccccc21. The number of carbonyl (C=O) groups is 1. The van der Waals surface area contributed by atoms with Crippen molar-refractivity contribution in [3.8, 4) is 0 Å². The van der Waals surface area contributed by atoms with Crippen molar-refractivity contribution < 1.29 is 9.90 Å². The molecule has 3 N–H and O–H groups in total. The van der Waals surface area contributed by atoms with Gasteiger partial charge in [0.05, 0.1) is 11.5 Å². The van der Waals surface area contributed by atoms with Gasteiger partial charge in [-0.3, -0.25) is 4.79 Å². The molecule has 3 aromatic rings. The minimum atomic E-state index is -0.560. The van der Waals surface area contributed by atoms with E-state index in [2.05, 4.69) is 5.10 Å².